The highest BCUT2D eigenvalue weighted by Gasteiger charge is 2.39. The first kappa shape index (κ1) is 64.5. The lowest BCUT2D eigenvalue weighted by molar-refractivity contribution is -0.157. The molecule has 404 valence electrons. The minimum atomic E-state index is -0.873. The Morgan fingerprint density at radius 3 is 0.861 bits per heavy atom. The molecule has 12 nitrogen and oxygen atoms in total. The van der Waals surface area contributed by atoms with Gasteiger partial charge in [-0.05, 0) is 74.3 Å². The van der Waals surface area contributed by atoms with E-state index < -0.39 is 72.5 Å². The number of nitrogens with zero attached hydrogens (tertiary/aromatic N) is 4. The topological polar surface area (TPSA) is 118 Å². The highest BCUT2D eigenvalue weighted by atomic mass is 16.6. The molecule has 12 heteroatoms. The molecule has 2 aromatic carbocycles. The van der Waals surface area contributed by atoms with Gasteiger partial charge in [-0.25, -0.2) is 19.2 Å². The molecule has 1 heterocycles. The minimum Gasteiger partial charge on any atom is -0.455 e. The maximum absolute atomic E-state index is 14.7. The summed E-state index contributed by atoms with van der Waals surface area (Å²) in [5.41, 5.74) is 3.47. The van der Waals surface area contributed by atoms with E-state index in [0.29, 0.717) is 61.3 Å². The van der Waals surface area contributed by atoms with Gasteiger partial charge in [0.15, 0.2) is 0 Å². The predicted octanol–water partition coefficient (Wildman–Crippen LogP) is 11.7. The van der Waals surface area contributed by atoms with E-state index in [1.165, 1.54) is 0 Å². The van der Waals surface area contributed by atoms with Crippen molar-refractivity contribution < 1.29 is 38.1 Å². The van der Waals surface area contributed by atoms with Gasteiger partial charge in [-0.2, -0.15) is 0 Å². The van der Waals surface area contributed by atoms with Crippen LogP contribution in [0.2, 0.25) is 0 Å². The zero-order valence-electron chi connectivity index (χ0n) is 47.8. The van der Waals surface area contributed by atoms with Crippen LogP contribution in [0.4, 0.5) is 0 Å². The summed E-state index contributed by atoms with van der Waals surface area (Å²) in [6.07, 6.45) is -1.22. The van der Waals surface area contributed by atoms with E-state index in [2.05, 4.69) is 26.3 Å². The number of esters is 4. The van der Waals surface area contributed by atoms with E-state index in [1.54, 1.807) is 61.6 Å². The first-order chi connectivity index (χ1) is 33.8. The normalized spacial score (nSPS) is 24.0. The first-order valence-electron chi connectivity index (χ1n) is 26.4. The molecule has 0 aromatic heterocycles. The molecule has 0 spiro atoms. The Labute approximate surface area is 436 Å². The molecule has 1 aliphatic heterocycles. The number of hydrogen-bond acceptors (Lipinski definition) is 12. The number of carbonyl (C=O) groups excluding carboxylic acids is 4. The van der Waals surface area contributed by atoms with Crippen LogP contribution >= 0.6 is 0 Å². The summed E-state index contributed by atoms with van der Waals surface area (Å²) in [6, 6.07) is 16.1. The molecular weight excluding hydrogens is 905 g/mol. The fraction of sp³-hybridized carbons (Fsp3) is 0.600. The van der Waals surface area contributed by atoms with Crippen LogP contribution < -0.4 is 0 Å². The lowest BCUT2D eigenvalue weighted by atomic mass is 9.99. The van der Waals surface area contributed by atoms with E-state index in [-0.39, 0.29) is 23.7 Å². The molecule has 0 aliphatic carbocycles. The smallest absolute Gasteiger partial charge is 0.329 e. The zero-order valence-corrected chi connectivity index (χ0v) is 47.8. The van der Waals surface area contributed by atoms with E-state index >= 15 is 0 Å². The fourth-order valence-corrected chi connectivity index (χ4v) is 8.45. The van der Waals surface area contributed by atoms with Crippen LogP contribution in [0.15, 0.2) is 110 Å². The monoisotopic (exact) mass is 1000 g/mol. The number of likely N-dealkylation sites (N-methyl/N-ethyl adjacent to an activating group) is 4. The van der Waals surface area contributed by atoms with Gasteiger partial charge in [0.05, 0.1) is 0 Å². The third-order valence-electron chi connectivity index (χ3n) is 12.9. The van der Waals surface area contributed by atoms with Crippen LogP contribution in [-0.2, 0) is 51.0 Å². The number of rotatable bonds is 12. The molecule has 3 rings (SSSR count). The van der Waals surface area contributed by atoms with E-state index in [9.17, 15) is 19.2 Å². The Balaban J connectivity index is 0.00000631. The van der Waals surface area contributed by atoms with Crippen molar-refractivity contribution >= 4 is 23.9 Å². The summed E-state index contributed by atoms with van der Waals surface area (Å²) in [5.74, 6) is -1.76. The summed E-state index contributed by atoms with van der Waals surface area (Å²) in [5, 5.41) is 0. The minimum absolute atomic E-state index is 0.0700. The third-order valence-corrected chi connectivity index (χ3v) is 12.9. The van der Waals surface area contributed by atoms with Crippen LogP contribution in [0.5, 0.6) is 0 Å². The molecule has 0 saturated carbocycles. The molecule has 1 saturated heterocycles. The Hall–Kier alpha value is -5.52. The molecule has 72 heavy (non-hydrogen) atoms. The number of cyclic esters (lactones) is 4. The van der Waals surface area contributed by atoms with Crippen molar-refractivity contribution in [3.63, 3.8) is 0 Å². The zero-order chi connectivity index (χ0) is 55.2. The molecular formula is C60H96N4O8. The second kappa shape index (κ2) is 31.8. The molecule has 8 atom stereocenters. The maximum atomic E-state index is 14.7. The second-order valence-corrected chi connectivity index (χ2v) is 20.4. The molecule has 8 unspecified atom stereocenters. The molecule has 0 amide bonds. The molecule has 1 fully saturated rings. The molecule has 2 aromatic rings. The Kier molecular flexibility index (Phi) is 28.5. The van der Waals surface area contributed by atoms with Crippen LogP contribution in [0, 0.1) is 23.7 Å². The number of carbonyl (C=O) groups is 4. The molecule has 0 N–H and O–H groups in total. The van der Waals surface area contributed by atoms with E-state index in [1.807, 2.05) is 144 Å². The molecule has 0 bridgehead atoms. The van der Waals surface area contributed by atoms with Crippen LogP contribution in [0.25, 0.3) is 0 Å². The average molecular weight is 1000 g/mol. The summed E-state index contributed by atoms with van der Waals surface area (Å²) in [6.45, 7) is 45.3. The molecule has 1 aliphatic rings. The van der Waals surface area contributed by atoms with Crippen molar-refractivity contribution in [3.8, 4) is 0 Å². The lowest BCUT2D eigenvalue weighted by Gasteiger charge is -2.39. The Bertz CT molecular complexity index is 1860. The standard InChI is InChI=1S/C56H84N4O8.2C2H6/c1-35(2)29-47-53(61)65-43(13)39(9)57(15)50(32-38(7)8)56(64)68-52(34-46-27-23-20-24-28-46)42(12)60(18)48(30-36(3)4)54(62)66-44(14)40(10)58(16)49(31-37(5)6)55(63)67-51(41(11)59(47)17)33-45-25-21-19-22-26-45;2*1-2/h19-28,35-38,43-44,47-52H,9-12,29-34H2,1-8,13-18H3;2*1-2H3. The summed E-state index contributed by atoms with van der Waals surface area (Å²) < 4.78 is 25.5. The molecule has 0 radical (unpaired) electrons. The maximum Gasteiger partial charge on any atom is 0.329 e. The van der Waals surface area contributed by atoms with Crippen LogP contribution in [0.3, 0.4) is 0 Å². The fourth-order valence-electron chi connectivity index (χ4n) is 8.45. The quantitative estimate of drug-likeness (QED) is 0.149. The second-order valence-electron chi connectivity index (χ2n) is 20.4. The number of hydrogen-bond donors (Lipinski definition) is 0. The SMILES string of the molecule is C=C1C(C)OC(=O)C(CC(C)C)N(C)C(=C)C(Cc2ccccc2)OC(=O)C(CC(C)C)N(C)C(=C)C(C)OC(=O)C(CC(C)C)N(C)C(=C)C(Cc2ccccc2)OC(=O)C(CC(C)C)N1C.CC.CC. The number of ether oxygens (including phenoxy) is 4. The van der Waals surface area contributed by atoms with Crippen molar-refractivity contribution in [1.82, 2.24) is 19.6 Å². The highest BCUT2D eigenvalue weighted by Crippen LogP contribution is 2.29. The Morgan fingerprint density at radius 2 is 0.625 bits per heavy atom. The van der Waals surface area contributed by atoms with Crippen molar-refractivity contribution in [2.75, 3.05) is 28.2 Å². The van der Waals surface area contributed by atoms with Crippen molar-refractivity contribution in [2.24, 2.45) is 23.7 Å². The van der Waals surface area contributed by atoms with Gasteiger partial charge in [0, 0.05) is 63.8 Å². The van der Waals surface area contributed by atoms with Crippen molar-refractivity contribution in [2.45, 2.75) is 184 Å². The van der Waals surface area contributed by atoms with E-state index in [4.69, 9.17) is 18.9 Å². The van der Waals surface area contributed by atoms with Gasteiger partial charge in [-0.1, -0.05) is 170 Å². The van der Waals surface area contributed by atoms with Crippen LogP contribution in [0.1, 0.15) is 134 Å². The van der Waals surface area contributed by atoms with Gasteiger partial charge < -0.3 is 38.5 Å². The van der Waals surface area contributed by atoms with Gasteiger partial charge in [-0.15, -0.1) is 0 Å². The van der Waals surface area contributed by atoms with Gasteiger partial charge in [-0.3, -0.25) is 0 Å². The number of benzene rings is 2. The van der Waals surface area contributed by atoms with Crippen molar-refractivity contribution in [3.05, 3.63) is 121 Å². The van der Waals surface area contributed by atoms with Crippen molar-refractivity contribution in [1.29, 1.82) is 0 Å². The predicted molar refractivity (Wildman–Crippen MR) is 294 cm³/mol. The Morgan fingerprint density at radius 1 is 0.403 bits per heavy atom. The van der Waals surface area contributed by atoms with Crippen LogP contribution in [-0.4, -0.2) is 120 Å². The summed E-state index contributed by atoms with van der Waals surface area (Å²) >= 11 is 0. The van der Waals surface area contributed by atoms with Gasteiger partial charge >= 0.3 is 23.9 Å². The average Bonchev–Trinajstić information content (AvgIpc) is 3.34. The van der Waals surface area contributed by atoms with Gasteiger partial charge in [0.2, 0.25) is 0 Å². The van der Waals surface area contributed by atoms with Gasteiger partial charge in [0.1, 0.15) is 48.6 Å². The highest BCUT2D eigenvalue weighted by molar-refractivity contribution is 5.79. The largest absolute Gasteiger partial charge is 0.455 e. The van der Waals surface area contributed by atoms with E-state index in [0.717, 1.165) is 11.1 Å². The third kappa shape index (κ3) is 19.8. The summed E-state index contributed by atoms with van der Waals surface area (Å²) in [7, 11) is 7.06. The lowest BCUT2D eigenvalue weighted by Crippen LogP contribution is -2.49. The first-order valence-corrected chi connectivity index (χ1v) is 26.4. The van der Waals surface area contributed by atoms with Gasteiger partial charge in [0.25, 0.3) is 0 Å². The summed E-state index contributed by atoms with van der Waals surface area (Å²) in [4.78, 5) is 65.3.